The van der Waals surface area contributed by atoms with Gasteiger partial charge in [-0.1, -0.05) is 6.07 Å². The van der Waals surface area contributed by atoms with Crippen molar-refractivity contribution in [3.05, 3.63) is 63.5 Å². The van der Waals surface area contributed by atoms with Crippen molar-refractivity contribution >= 4 is 64.5 Å². The number of amides is 5. The van der Waals surface area contributed by atoms with Gasteiger partial charge in [0.2, 0.25) is 11.8 Å². The number of anilines is 1. The van der Waals surface area contributed by atoms with Gasteiger partial charge in [-0.15, -0.1) is 23.1 Å². The molecule has 12 nitrogen and oxygen atoms in total. The summed E-state index contributed by atoms with van der Waals surface area (Å²) in [4.78, 5) is 76.6. The van der Waals surface area contributed by atoms with E-state index in [1.54, 1.807) is 0 Å². The maximum atomic E-state index is 13.6. The Kier molecular flexibility index (Phi) is 8.06. The number of esters is 1. The van der Waals surface area contributed by atoms with E-state index in [9.17, 15) is 28.8 Å². The monoisotopic (exact) mass is 572 g/mol. The third kappa shape index (κ3) is 5.66. The van der Waals surface area contributed by atoms with Crippen LogP contribution in [0.25, 0.3) is 0 Å². The molecule has 1 aromatic carbocycles. The standard InChI is InChI=1S/C25H24N4O8S2/c1-12(30)26-21-16(11-37-13(2)31)19(29-23(34)18(24(29)39-21)17-5-4-10-38-17)20(32)27-15-8-6-14(7-9-15)22(33)28(3)25(35)36/h4-10,18,21,24H,11H2,1-3H3,(H,26,30)(H,27,32)(H,35,36)/t18-,21?,24-/m1/s1. The van der Waals surface area contributed by atoms with Crippen LogP contribution in [0.2, 0.25) is 0 Å². The lowest BCUT2D eigenvalue weighted by Gasteiger charge is -2.51. The second-order valence-electron chi connectivity index (χ2n) is 8.64. The second-order valence-corrected chi connectivity index (χ2v) is 10.8. The summed E-state index contributed by atoms with van der Waals surface area (Å²) < 4.78 is 5.18. The highest BCUT2D eigenvalue weighted by molar-refractivity contribution is 8.00. The number of nitrogens with zero attached hydrogens (tertiary/aromatic N) is 2. The third-order valence-corrected chi connectivity index (χ3v) is 8.38. The Morgan fingerprint density at radius 1 is 1.10 bits per heavy atom. The largest absolute Gasteiger partial charge is 0.465 e. The highest BCUT2D eigenvalue weighted by Gasteiger charge is 2.56. The van der Waals surface area contributed by atoms with E-state index in [1.807, 2.05) is 17.5 Å². The van der Waals surface area contributed by atoms with Gasteiger partial charge in [-0.3, -0.25) is 28.9 Å². The summed E-state index contributed by atoms with van der Waals surface area (Å²) in [6.45, 7) is 2.20. The van der Waals surface area contributed by atoms with E-state index in [0.717, 1.165) is 11.9 Å². The van der Waals surface area contributed by atoms with Crippen LogP contribution in [-0.4, -0.2) is 75.0 Å². The van der Waals surface area contributed by atoms with Crippen molar-refractivity contribution in [2.45, 2.75) is 30.5 Å². The number of benzene rings is 1. The highest BCUT2D eigenvalue weighted by Crippen LogP contribution is 2.51. The Morgan fingerprint density at radius 2 is 1.79 bits per heavy atom. The number of fused-ring (bicyclic) bond motifs is 1. The van der Waals surface area contributed by atoms with Gasteiger partial charge in [0.1, 0.15) is 29.0 Å². The van der Waals surface area contributed by atoms with Crippen LogP contribution in [0.5, 0.6) is 0 Å². The van der Waals surface area contributed by atoms with Crippen molar-refractivity contribution in [1.82, 2.24) is 15.1 Å². The van der Waals surface area contributed by atoms with Crippen LogP contribution < -0.4 is 10.6 Å². The van der Waals surface area contributed by atoms with Crippen LogP contribution >= 0.6 is 23.1 Å². The van der Waals surface area contributed by atoms with Crippen LogP contribution in [0.3, 0.4) is 0 Å². The van der Waals surface area contributed by atoms with E-state index < -0.39 is 40.5 Å². The van der Waals surface area contributed by atoms with Gasteiger partial charge in [0.25, 0.3) is 11.8 Å². The van der Waals surface area contributed by atoms with Crippen LogP contribution in [-0.2, 0) is 23.9 Å². The van der Waals surface area contributed by atoms with Gasteiger partial charge in [0.15, 0.2) is 0 Å². The number of carbonyl (C=O) groups is 6. The Morgan fingerprint density at radius 3 is 2.36 bits per heavy atom. The van der Waals surface area contributed by atoms with Crippen molar-refractivity contribution in [1.29, 1.82) is 0 Å². The summed E-state index contributed by atoms with van der Waals surface area (Å²) in [5.41, 5.74) is 0.557. The topological polar surface area (TPSA) is 162 Å². The quantitative estimate of drug-likeness (QED) is 0.334. The average molecular weight is 573 g/mol. The number of imide groups is 1. The minimum atomic E-state index is -1.41. The first-order chi connectivity index (χ1) is 18.5. The van der Waals surface area contributed by atoms with Crippen molar-refractivity contribution in [2.24, 2.45) is 0 Å². The molecule has 0 radical (unpaired) electrons. The van der Waals surface area contributed by atoms with Crippen molar-refractivity contribution in [3.63, 3.8) is 0 Å². The number of thiophene rings is 1. The minimum absolute atomic E-state index is 0.0395. The van der Waals surface area contributed by atoms with E-state index in [1.165, 1.54) is 66.1 Å². The molecule has 1 aromatic heterocycles. The van der Waals surface area contributed by atoms with E-state index >= 15 is 0 Å². The molecule has 3 N–H and O–H groups in total. The second kappa shape index (κ2) is 11.3. The van der Waals surface area contributed by atoms with Gasteiger partial charge in [-0.2, -0.15) is 0 Å². The molecule has 204 valence electrons. The third-order valence-electron chi connectivity index (χ3n) is 5.99. The van der Waals surface area contributed by atoms with Crippen LogP contribution in [0.1, 0.15) is 35.0 Å². The summed E-state index contributed by atoms with van der Waals surface area (Å²) in [6.07, 6.45) is -1.41. The number of ether oxygens (including phenoxy) is 1. The summed E-state index contributed by atoms with van der Waals surface area (Å²) in [7, 11) is 1.12. The highest BCUT2D eigenvalue weighted by atomic mass is 32.2. The first kappa shape index (κ1) is 27.9. The molecule has 3 atom stereocenters. The fourth-order valence-electron chi connectivity index (χ4n) is 4.12. The van der Waals surface area contributed by atoms with Crippen molar-refractivity contribution in [3.8, 4) is 0 Å². The molecule has 1 unspecified atom stereocenters. The fourth-order valence-corrected chi connectivity index (χ4v) is 6.67. The number of carbonyl (C=O) groups excluding carboxylic acids is 5. The molecule has 3 heterocycles. The molecule has 5 amide bonds. The molecule has 14 heteroatoms. The maximum Gasteiger partial charge on any atom is 0.414 e. The lowest BCUT2D eigenvalue weighted by atomic mass is 9.93. The molecule has 0 aliphatic carbocycles. The van der Waals surface area contributed by atoms with Crippen molar-refractivity contribution in [2.75, 3.05) is 19.0 Å². The SMILES string of the molecule is CC(=O)NC1S[C@@H]2[C@H](c3cccs3)C(=O)N2C(C(=O)Nc2ccc(C(=O)N(C)C(=O)O)cc2)=C1COC(C)=O. The normalized spacial score (nSPS) is 19.9. The zero-order valence-corrected chi connectivity index (χ0v) is 22.6. The number of β-lactam (4-membered cyclic amide) rings is 1. The zero-order valence-electron chi connectivity index (χ0n) is 21.0. The average Bonchev–Trinajstić information content (AvgIpc) is 3.40. The molecule has 1 saturated heterocycles. The summed E-state index contributed by atoms with van der Waals surface area (Å²) in [5.74, 6) is -3.22. The summed E-state index contributed by atoms with van der Waals surface area (Å²) in [5, 5.41) is 15.1. The van der Waals surface area contributed by atoms with E-state index in [0.29, 0.717) is 4.90 Å². The number of carboxylic acid groups (broad SMARTS) is 1. The smallest absolute Gasteiger partial charge is 0.414 e. The number of hydrogen-bond acceptors (Lipinski definition) is 9. The molecule has 39 heavy (non-hydrogen) atoms. The number of hydrogen-bond donors (Lipinski definition) is 3. The Hall–Kier alpha value is -4.17. The minimum Gasteiger partial charge on any atom is -0.465 e. The van der Waals surface area contributed by atoms with Gasteiger partial charge < -0.3 is 20.5 Å². The molecular formula is C25H24N4O8S2. The Bertz CT molecular complexity index is 1370. The Labute approximate surface area is 231 Å². The van der Waals surface area contributed by atoms with E-state index in [2.05, 4.69) is 10.6 Å². The predicted molar refractivity (Wildman–Crippen MR) is 142 cm³/mol. The van der Waals surface area contributed by atoms with Gasteiger partial charge in [-0.05, 0) is 35.7 Å². The fraction of sp³-hybridized carbons (Fsp3) is 0.280. The van der Waals surface area contributed by atoms with Gasteiger partial charge >= 0.3 is 12.1 Å². The van der Waals surface area contributed by atoms with Crippen LogP contribution in [0.4, 0.5) is 10.5 Å². The van der Waals surface area contributed by atoms with Gasteiger partial charge in [-0.25, -0.2) is 9.69 Å². The molecule has 0 saturated carbocycles. The molecule has 2 aliphatic heterocycles. The van der Waals surface area contributed by atoms with E-state index in [-0.39, 0.29) is 40.9 Å². The molecule has 1 fully saturated rings. The predicted octanol–water partition coefficient (Wildman–Crippen LogP) is 2.41. The molecule has 2 aliphatic rings. The Balaban J connectivity index is 1.67. The molecule has 0 spiro atoms. The van der Waals surface area contributed by atoms with Gasteiger partial charge in [0.05, 0.1) is 0 Å². The van der Waals surface area contributed by atoms with Crippen LogP contribution in [0.15, 0.2) is 53.0 Å². The lowest BCUT2D eigenvalue weighted by Crippen LogP contribution is -2.62. The first-order valence-corrected chi connectivity index (χ1v) is 13.4. The zero-order chi connectivity index (χ0) is 28.4. The molecule has 4 rings (SSSR count). The molecule has 2 aromatic rings. The van der Waals surface area contributed by atoms with Gasteiger partial charge in [0, 0.05) is 42.6 Å². The molecular weight excluding hydrogens is 548 g/mol. The molecule has 0 bridgehead atoms. The van der Waals surface area contributed by atoms with Crippen LogP contribution in [0, 0.1) is 0 Å². The first-order valence-electron chi connectivity index (χ1n) is 11.6. The number of nitrogens with one attached hydrogen (secondary N) is 2. The van der Waals surface area contributed by atoms with E-state index in [4.69, 9.17) is 9.84 Å². The summed E-state index contributed by atoms with van der Waals surface area (Å²) >= 11 is 2.69. The maximum absolute atomic E-state index is 13.6. The summed E-state index contributed by atoms with van der Waals surface area (Å²) in [6, 6.07) is 9.20. The number of rotatable bonds is 7. The van der Waals surface area contributed by atoms with Crippen molar-refractivity contribution < 1.29 is 38.6 Å². The lowest BCUT2D eigenvalue weighted by molar-refractivity contribution is -0.144. The number of thioether (sulfide) groups is 1.